The molecule has 0 radical (unpaired) electrons. The van der Waals surface area contributed by atoms with Crippen LogP contribution in [0.5, 0.6) is 0 Å². The molecule has 6 heteroatoms. The molecule has 2 aromatic rings. The van der Waals surface area contributed by atoms with Gasteiger partial charge < -0.3 is 15.3 Å². The summed E-state index contributed by atoms with van der Waals surface area (Å²) < 4.78 is 0. The van der Waals surface area contributed by atoms with Crippen molar-refractivity contribution in [3.8, 4) is 0 Å². The van der Waals surface area contributed by atoms with Crippen LogP contribution in [0.2, 0.25) is 0 Å². The molecule has 0 aliphatic carbocycles. The average Bonchev–Trinajstić information content (AvgIpc) is 2.54. The molecular weight excluding hydrogens is 294 g/mol. The lowest BCUT2D eigenvalue weighted by molar-refractivity contribution is -0.139. The number of carboxylic acids is 1. The highest BCUT2D eigenvalue weighted by molar-refractivity contribution is 5.82. The number of carboxylic acid groups (broad SMARTS) is 1. The number of urea groups is 1. The summed E-state index contributed by atoms with van der Waals surface area (Å²) in [5, 5.41) is 12.7. The van der Waals surface area contributed by atoms with Gasteiger partial charge >= 0.3 is 12.0 Å². The molecule has 0 saturated heterocycles. The van der Waals surface area contributed by atoms with Gasteiger partial charge in [-0.3, -0.25) is 4.98 Å². The monoisotopic (exact) mass is 315 g/mol. The fourth-order valence-electron chi connectivity index (χ4n) is 2.32. The van der Waals surface area contributed by atoms with E-state index in [1.807, 2.05) is 43.3 Å². The van der Waals surface area contributed by atoms with Crippen molar-refractivity contribution in [3.05, 3.63) is 42.1 Å². The van der Waals surface area contributed by atoms with Crippen LogP contribution in [0.4, 0.5) is 4.79 Å². The molecule has 0 unspecified atom stereocenters. The Hall–Kier alpha value is -2.63. The SMILES string of the molecule is CCC[C@H](NC(=O)N(C)Cc1ccc2ccccc2n1)C(=O)O. The van der Waals surface area contributed by atoms with Gasteiger partial charge in [-0.1, -0.05) is 37.6 Å². The molecule has 122 valence electrons. The number of rotatable bonds is 6. The van der Waals surface area contributed by atoms with Crippen molar-refractivity contribution in [2.24, 2.45) is 0 Å². The van der Waals surface area contributed by atoms with E-state index >= 15 is 0 Å². The lowest BCUT2D eigenvalue weighted by atomic mass is 10.2. The minimum absolute atomic E-state index is 0.315. The quantitative estimate of drug-likeness (QED) is 0.858. The van der Waals surface area contributed by atoms with E-state index in [4.69, 9.17) is 5.11 Å². The van der Waals surface area contributed by atoms with Gasteiger partial charge in [0.05, 0.1) is 17.8 Å². The lowest BCUT2D eigenvalue weighted by Crippen LogP contribution is -2.46. The maximum absolute atomic E-state index is 12.1. The van der Waals surface area contributed by atoms with Gasteiger partial charge in [-0.25, -0.2) is 9.59 Å². The number of aromatic nitrogens is 1. The molecule has 23 heavy (non-hydrogen) atoms. The Morgan fingerprint density at radius 3 is 2.70 bits per heavy atom. The molecule has 0 saturated carbocycles. The van der Waals surface area contributed by atoms with E-state index in [-0.39, 0.29) is 0 Å². The summed E-state index contributed by atoms with van der Waals surface area (Å²) in [5.41, 5.74) is 1.62. The Bertz CT molecular complexity index is 702. The molecule has 1 aromatic carbocycles. The molecule has 2 N–H and O–H groups in total. The number of amides is 2. The Balaban J connectivity index is 2.02. The summed E-state index contributed by atoms with van der Waals surface area (Å²) in [4.78, 5) is 29.2. The average molecular weight is 315 g/mol. The number of fused-ring (bicyclic) bond motifs is 1. The van der Waals surface area contributed by atoms with Crippen molar-refractivity contribution in [2.45, 2.75) is 32.4 Å². The van der Waals surface area contributed by atoms with Crippen LogP contribution in [-0.2, 0) is 11.3 Å². The second-order valence-electron chi connectivity index (χ2n) is 5.48. The van der Waals surface area contributed by atoms with Gasteiger partial charge in [0.2, 0.25) is 0 Å². The molecule has 6 nitrogen and oxygen atoms in total. The third-order valence-corrected chi connectivity index (χ3v) is 3.58. The van der Waals surface area contributed by atoms with Gasteiger partial charge in [0.1, 0.15) is 6.04 Å². The highest BCUT2D eigenvalue weighted by Crippen LogP contribution is 2.12. The summed E-state index contributed by atoms with van der Waals surface area (Å²) in [7, 11) is 1.62. The first-order valence-electron chi connectivity index (χ1n) is 7.60. The van der Waals surface area contributed by atoms with E-state index in [1.54, 1.807) is 7.05 Å². The van der Waals surface area contributed by atoms with Crippen molar-refractivity contribution >= 4 is 22.9 Å². The number of benzene rings is 1. The summed E-state index contributed by atoms with van der Waals surface area (Å²) >= 11 is 0. The van der Waals surface area contributed by atoms with E-state index in [2.05, 4.69) is 10.3 Å². The number of hydrogen-bond acceptors (Lipinski definition) is 3. The second kappa shape index (κ2) is 7.58. The number of aliphatic carboxylic acids is 1. The maximum atomic E-state index is 12.1. The van der Waals surface area contributed by atoms with Crippen molar-refractivity contribution in [1.29, 1.82) is 0 Å². The predicted molar refractivity (Wildman–Crippen MR) is 88.1 cm³/mol. The van der Waals surface area contributed by atoms with Crippen LogP contribution in [0.3, 0.4) is 0 Å². The fourth-order valence-corrected chi connectivity index (χ4v) is 2.32. The number of carbonyl (C=O) groups excluding carboxylic acids is 1. The standard InChI is InChI=1S/C17H21N3O3/c1-3-6-15(16(21)22)19-17(23)20(2)11-13-10-9-12-7-4-5-8-14(12)18-13/h4-5,7-10,15H,3,6,11H2,1-2H3,(H,19,23)(H,21,22)/t15-/m0/s1. The van der Waals surface area contributed by atoms with Crippen molar-refractivity contribution in [3.63, 3.8) is 0 Å². The third kappa shape index (κ3) is 4.42. The molecule has 2 rings (SSSR count). The van der Waals surface area contributed by atoms with Gasteiger partial charge in [0, 0.05) is 12.4 Å². The van der Waals surface area contributed by atoms with Gasteiger partial charge in [-0.15, -0.1) is 0 Å². The van der Waals surface area contributed by atoms with Crippen LogP contribution in [0, 0.1) is 0 Å². The van der Waals surface area contributed by atoms with E-state index in [9.17, 15) is 9.59 Å². The first kappa shape index (κ1) is 16.7. The first-order chi connectivity index (χ1) is 11.0. The zero-order valence-corrected chi connectivity index (χ0v) is 13.3. The predicted octanol–water partition coefficient (Wildman–Crippen LogP) is 2.63. The van der Waals surface area contributed by atoms with E-state index < -0.39 is 18.0 Å². The van der Waals surface area contributed by atoms with Crippen LogP contribution >= 0.6 is 0 Å². The van der Waals surface area contributed by atoms with Gasteiger partial charge in [-0.2, -0.15) is 0 Å². The maximum Gasteiger partial charge on any atom is 0.326 e. The lowest BCUT2D eigenvalue weighted by Gasteiger charge is -2.21. The molecule has 1 heterocycles. The van der Waals surface area contributed by atoms with Crippen LogP contribution < -0.4 is 5.32 Å². The smallest absolute Gasteiger partial charge is 0.326 e. The number of nitrogens with one attached hydrogen (secondary N) is 1. The highest BCUT2D eigenvalue weighted by Gasteiger charge is 2.20. The van der Waals surface area contributed by atoms with E-state index in [0.29, 0.717) is 19.4 Å². The number of pyridine rings is 1. The van der Waals surface area contributed by atoms with E-state index in [0.717, 1.165) is 16.6 Å². The number of nitrogens with zero attached hydrogens (tertiary/aromatic N) is 2. The summed E-state index contributed by atoms with van der Waals surface area (Å²) in [6.45, 7) is 2.19. The second-order valence-corrected chi connectivity index (χ2v) is 5.48. The topological polar surface area (TPSA) is 82.5 Å². The molecular formula is C17H21N3O3. The number of carbonyl (C=O) groups is 2. The zero-order chi connectivity index (χ0) is 16.8. The Morgan fingerprint density at radius 2 is 2.00 bits per heavy atom. The van der Waals surface area contributed by atoms with Crippen LogP contribution in [0.15, 0.2) is 36.4 Å². The summed E-state index contributed by atoms with van der Waals surface area (Å²) in [6.07, 6.45) is 1.09. The molecule has 0 spiro atoms. The van der Waals surface area contributed by atoms with Crippen LogP contribution in [0.25, 0.3) is 10.9 Å². The highest BCUT2D eigenvalue weighted by atomic mass is 16.4. The largest absolute Gasteiger partial charge is 0.480 e. The van der Waals surface area contributed by atoms with E-state index in [1.165, 1.54) is 4.90 Å². The number of hydrogen-bond donors (Lipinski definition) is 2. The summed E-state index contributed by atoms with van der Waals surface area (Å²) in [6, 6.07) is 10.3. The van der Waals surface area contributed by atoms with Gasteiger partial charge in [0.25, 0.3) is 0 Å². The number of para-hydroxylation sites is 1. The Morgan fingerprint density at radius 1 is 1.26 bits per heavy atom. The fraction of sp³-hybridized carbons (Fsp3) is 0.353. The first-order valence-corrected chi connectivity index (χ1v) is 7.60. The minimum Gasteiger partial charge on any atom is -0.480 e. The van der Waals surface area contributed by atoms with Crippen LogP contribution in [0.1, 0.15) is 25.5 Å². The van der Waals surface area contributed by atoms with Crippen molar-refractivity contribution in [2.75, 3.05) is 7.05 Å². The molecule has 1 atom stereocenters. The minimum atomic E-state index is -1.02. The van der Waals surface area contributed by atoms with Crippen molar-refractivity contribution in [1.82, 2.24) is 15.2 Å². The molecule has 1 aromatic heterocycles. The van der Waals surface area contributed by atoms with Crippen molar-refractivity contribution < 1.29 is 14.7 Å². The van der Waals surface area contributed by atoms with Gasteiger partial charge in [-0.05, 0) is 18.6 Å². The molecule has 0 fully saturated rings. The zero-order valence-electron chi connectivity index (χ0n) is 13.3. The molecule has 0 aliphatic heterocycles. The molecule has 0 bridgehead atoms. The summed E-state index contributed by atoms with van der Waals surface area (Å²) in [5.74, 6) is -1.02. The van der Waals surface area contributed by atoms with Gasteiger partial charge in [0.15, 0.2) is 0 Å². The van der Waals surface area contributed by atoms with Crippen LogP contribution in [-0.4, -0.2) is 40.1 Å². The Labute approximate surface area is 135 Å². The Kier molecular flexibility index (Phi) is 5.51. The normalized spacial score (nSPS) is 11.9. The molecule has 0 aliphatic rings. The molecule has 2 amide bonds. The third-order valence-electron chi connectivity index (χ3n) is 3.58.